The lowest BCUT2D eigenvalue weighted by Crippen LogP contribution is -2.13. The summed E-state index contributed by atoms with van der Waals surface area (Å²) < 4.78 is 7.90. The molecule has 0 saturated heterocycles. The average Bonchev–Trinajstić information content (AvgIpc) is 3.13. The molecule has 4 aromatic carbocycles. The van der Waals surface area contributed by atoms with Crippen LogP contribution in [0, 0.1) is 0 Å². The van der Waals surface area contributed by atoms with Gasteiger partial charge in [0.15, 0.2) is 0 Å². The molecule has 0 N–H and O–H groups in total. The van der Waals surface area contributed by atoms with Crippen molar-refractivity contribution in [3.63, 3.8) is 0 Å². The van der Waals surface area contributed by atoms with E-state index in [2.05, 4.69) is 18.2 Å². The van der Waals surface area contributed by atoms with E-state index in [1.165, 1.54) is 0 Å². The molecule has 4 nitrogen and oxygen atoms in total. The predicted octanol–water partition coefficient (Wildman–Crippen LogP) is 5.49. The van der Waals surface area contributed by atoms with Gasteiger partial charge in [-0.05, 0) is 41.8 Å². The lowest BCUT2D eigenvalue weighted by molar-refractivity contribution is 0.662. The van der Waals surface area contributed by atoms with Crippen LogP contribution in [-0.2, 0) is 0 Å². The van der Waals surface area contributed by atoms with Gasteiger partial charge in [0.2, 0.25) is 0 Å². The van der Waals surface area contributed by atoms with Crippen molar-refractivity contribution < 1.29 is 4.42 Å². The van der Waals surface area contributed by atoms with Crippen molar-refractivity contribution in [3.8, 4) is 0 Å². The lowest BCUT2D eigenvalue weighted by atomic mass is 9.96. The minimum absolute atomic E-state index is 0.0428. The van der Waals surface area contributed by atoms with Crippen LogP contribution in [0.3, 0.4) is 0 Å². The summed E-state index contributed by atoms with van der Waals surface area (Å²) in [6.45, 7) is 0. The number of fused-ring (bicyclic) bond motifs is 6. The van der Waals surface area contributed by atoms with E-state index < -0.39 is 0 Å². The summed E-state index contributed by atoms with van der Waals surface area (Å²) in [5.41, 5.74) is 3.94. The minimum atomic E-state index is -0.0428. The summed E-state index contributed by atoms with van der Waals surface area (Å²) in [7, 11) is 0. The lowest BCUT2D eigenvalue weighted by Gasteiger charge is -2.12. The highest BCUT2D eigenvalue weighted by Gasteiger charge is 2.19. The summed E-state index contributed by atoms with van der Waals surface area (Å²) in [6.07, 6.45) is 0. The van der Waals surface area contributed by atoms with Gasteiger partial charge in [-0.2, -0.15) is 0 Å². The van der Waals surface area contributed by atoms with Crippen molar-refractivity contribution in [3.05, 3.63) is 83.2 Å². The van der Waals surface area contributed by atoms with E-state index >= 15 is 0 Å². The normalized spacial score (nSPS) is 12.4. The highest BCUT2D eigenvalue weighted by atomic mass is 16.3. The summed E-state index contributed by atoms with van der Waals surface area (Å²) >= 11 is 0. The molecule has 0 saturated carbocycles. The quantitative estimate of drug-likeness (QED) is 0.265. The molecule has 7 rings (SSSR count). The second kappa shape index (κ2) is 4.67. The standard InChI is InChI=1S/C24H12N2O2/c27-24-16-11-12-20-22-14(13-5-1-4-8-19(13)28-20)9-10-15(21(16)22)23-25-17-6-2-3-7-18(17)26(23)24/h1-12H. The van der Waals surface area contributed by atoms with Gasteiger partial charge >= 0.3 is 0 Å². The molecule has 28 heavy (non-hydrogen) atoms. The number of imidazole rings is 1. The number of pyridine rings is 1. The number of para-hydroxylation sites is 3. The SMILES string of the molecule is O=c1c2ccc3oc4ccccc4c4ccc(c2c34)c2nc3ccccc3n12. The van der Waals surface area contributed by atoms with E-state index in [1.807, 2.05) is 54.6 Å². The molecule has 0 spiro atoms. The molecule has 0 aliphatic rings. The van der Waals surface area contributed by atoms with E-state index in [0.29, 0.717) is 11.0 Å². The Morgan fingerprint density at radius 2 is 1.46 bits per heavy atom. The fourth-order valence-corrected chi connectivity index (χ4v) is 4.57. The van der Waals surface area contributed by atoms with Crippen LogP contribution < -0.4 is 5.56 Å². The van der Waals surface area contributed by atoms with Gasteiger partial charge in [-0.1, -0.05) is 36.4 Å². The molecule has 4 heteroatoms. The highest BCUT2D eigenvalue weighted by Crippen LogP contribution is 2.38. The molecule has 0 unspecified atom stereocenters. The van der Waals surface area contributed by atoms with Crippen molar-refractivity contribution in [2.24, 2.45) is 0 Å². The third-order valence-electron chi connectivity index (χ3n) is 5.75. The minimum Gasteiger partial charge on any atom is -0.456 e. The molecule has 0 fully saturated rings. The molecule has 130 valence electrons. The number of nitrogens with zero attached hydrogens (tertiary/aromatic N) is 2. The Morgan fingerprint density at radius 1 is 0.679 bits per heavy atom. The van der Waals surface area contributed by atoms with Gasteiger partial charge < -0.3 is 4.42 Å². The topological polar surface area (TPSA) is 47.5 Å². The summed E-state index contributed by atoms with van der Waals surface area (Å²) in [6, 6.07) is 23.8. The zero-order chi connectivity index (χ0) is 18.4. The average molecular weight is 360 g/mol. The molecule has 0 aliphatic carbocycles. The smallest absolute Gasteiger partial charge is 0.264 e. The van der Waals surface area contributed by atoms with Gasteiger partial charge in [-0.3, -0.25) is 9.20 Å². The van der Waals surface area contributed by atoms with Gasteiger partial charge in [0, 0.05) is 26.9 Å². The molecular formula is C24H12N2O2. The third kappa shape index (κ3) is 1.53. The van der Waals surface area contributed by atoms with Gasteiger partial charge in [0.25, 0.3) is 5.56 Å². The Morgan fingerprint density at radius 3 is 2.43 bits per heavy atom. The maximum Gasteiger partial charge on any atom is 0.264 e. The van der Waals surface area contributed by atoms with Gasteiger partial charge in [0.05, 0.1) is 11.0 Å². The number of aromatic nitrogens is 2. The van der Waals surface area contributed by atoms with Crippen molar-refractivity contribution in [2.45, 2.75) is 0 Å². The highest BCUT2D eigenvalue weighted by molar-refractivity contribution is 6.28. The molecule has 7 aromatic rings. The second-order valence-electron chi connectivity index (χ2n) is 7.18. The first kappa shape index (κ1) is 14.2. The number of hydrogen-bond acceptors (Lipinski definition) is 3. The summed E-state index contributed by atoms with van der Waals surface area (Å²) in [5, 5.41) is 5.71. The Hall–Kier alpha value is -3.92. The second-order valence-corrected chi connectivity index (χ2v) is 7.18. The van der Waals surface area contributed by atoms with Gasteiger partial charge in [-0.15, -0.1) is 0 Å². The summed E-state index contributed by atoms with van der Waals surface area (Å²) in [5.74, 6) is 0. The monoisotopic (exact) mass is 360 g/mol. The van der Waals surface area contributed by atoms with Crippen LogP contribution >= 0.6 is 0 Å². The van der Waals surface area contributed by atoms with Crippen molar-refractivity contribution in [2.75, 3.05) is 0 Å². The fourth-order valence-electron chi connectivity index (χ4n) is 4.57. The van der Waals surface area contributed by atoms with Crippen molar-refractivity contribution in [1.29, 1.82) is 0 Å². The van der Waals surface area contributed by atoms with Crippen molar-refractivity contribution >= 4 is 60.2 Å². The van der Waals surface area contributed by atoms with Crippen LogP contribution in [0.25, 0.3) is 60.2 Å². The molecular weight excluding hydrogens is 348 g/mol. The molecule has 0 radical (unpaired) electrons. The van der Waals surface area contributed by atoms with Crippen LogP contribution in [0.5, 0.6) is 0 Å². The predicted molar refractivity (Wildman–Crippen MR) is 112 cm³/mol. The van der Waals surface area contributed by atoms with Crippen LogP contribution in [0.1, 0.15) is 0 Å². The first-order chi connectivity index (χ1) is 13.8. The third-order valence-corrected chi connectivity index (χ3v) is 5.75. The molecule has 0 atom stereocenters. The van der Waals surface area contributed by atoms with Crippen molar-refractivity contribution in [1.82, 2.24) is 9.38 Å². The molecule has 3 aromatic heterocycles. The zero-order valence-electron chi connectivity index (χ0n) is 14.6. The Bertz CT molecular complexity index is 1790. The maximum atomic E-state index is 13.4. The molecule has 3 heterocycles. The van der Waals surface area contributed by atoms with Crippen LogP contribution in [0.4, 0.5) is 0 Å². The Labute approximate surface area is 157 Å². The van der Waals surface area contributed by atoms with Gasteiger partial charge in [0.1, 0.15) is 16.8 Å². The maximum absolute atomic E-state index is 13.4. The molecule has 0 amide bonds. The Balaban J connectivity index is 1.87. The van der Waals surface area contributed by atoms with E-state index in [0.717, 1.165) is 49.1 Å². The first-order valence-electron chi connectivity index (χ1n) is 9.21. The summed E-state index contributed by atoms with van der Waals surface area (Å²) in [4.78, 5) is 18.2. The molecule has 0 bridgehead atoms. The van der Waals surface area contributed by atoms with E-state index in [9.17, 15) is 4.79 Å². The Kier molecular flexibility index (Phi) is 2.37. The van der Waals surface area contributed by atoms with Crippen LogP contribution in [0.15, 0.2) is 82.0 Å². The van der Waals surface area contributed by atoms with Crippen LogP contribution in [0.2, 0.25) is 0 Å². The van der Waals surface area contributed by atoms with E-state index in [4.69, 9.17) is 9.40 Å². The van der Waals surface area contributed by atoms with E-state index in [-0.39, 0.29) is 5.56 Å². The number of benzene rings is 4. The number of rotatable bonds is 0. The largest absolute Gasteiger partial charge is 0.456 e. The zero-order valence-corrected chi connectivity index (χ0v) is 14.6. The van der Waals surface area contributed by atoms with E-state index in [1.54, 1.807) is 4.40 Å². The first-order valence-corrected chi connectivity index (χ1v) is 9.21. The van der Waals surface area contributed by atoms with Gasteiger partial charge in [-0.25, -0.2) is 4.98 Å². The van der Waals surface area contributed by atoms with Crippen LogP contribution in [-0.4, -0.2) is 9.38 Å². The molecule has 0 aliphatic heterocycles. The fraction of sp³-hybridized carbons (Fsp3) is 0. The number of hydrogen-bond donors (Lipinski definition) is 0.